The van der Waals surface area contributed by atoms with Gasteiger partial charge in [0.1, 0.15) is 6.10 Å². The molecule has 2 unspecified atom stereocenters. The topological polar surface area (TPSA) is 108 Å². The number of carbonyl (C=O) groups is 2. The molecule has 0 aliphatic carbocycles. The smallest absolute Gasteiger partial charge is 0.407 e. The highest BCUT2D eigenvalue weighted by atomic mass is 79.9. The molecule has 1 amide bonds. The zero-order valence-electron chi connectivity index (χ0n) is 23.2. The number of carbonyl (C=O) groups excluding carboxylic acids is 2. The van der Waals surface area contributed by atoms with Crippen molar-refractivity contribution >= 4 is 35.0 Å². The Morgan fingerprint density at radius 2 is 1.47 bits per heavy atom. The molecule has 0 spiro atoms. The Morgan fingerprint density at radius 1 is 0.842 bits per heavy atom. The van der Waals surface area contributed by atoms with Gasteiger partial charge in [-0.05, 0) is 37.8 Å². The molecule has 1 rings (SSSR count). The third-order valence-corrected chi connectivity index (χ3v) is 8.01. The number of hydrogen-bond donors (Lipinski definition) is 1. The molecule has 0 radical (unpaired) electrons. The highest BCUT2D eigenvalue weighted by Gasteiger charge is 2.19. The zero-order chi connectivity index (χ0) is 28.2. The van der Waals surface area contributed by atoms with E-state index in [0.29, 0.717) is 25.2 Å². The Morgan fingerprint density at radius 3 is 2.11 bits per heavy atom. The molecule has 0 bridgehead atoms. The highest BCUT2D eigenvalue weighted by Crippen LogP contribution is 2.17. The van der Waals surface area contributed by atoms with E-state index in [1.54, 1.807) is 0 Å². The van der Waals surface area contributed by atoms with Crippen molar-refractivity contribution in [2.75, 3.05) is 26.4 Å². The summed E-state index contributed by atoms with van der Waals surface area (Å²) >= 11 is 2.60. The Kier molecular flexibility index (Phi) is 18.6. The number of benzene rings is 1. The van der Waals surface area contributed by atoms with Crippen LogP contribution < -0.4 is 5.32 Å². The van der Waals surface area contributed by atoms with E-state index in [0.717, 1.165) is 32.1 Å². The first-order chi connectivity index (χ1) is 18.2. The van der Waals surface area contributed by atoms with Crippen LogP contribution in [0.4, 0.5) is 4.79 Å². The van der Waals surface area contributed by atoms with Crippen LogP contribution in [0.15, 0.2) is 29.2 Å². The second kappa shape index (κ2) is 20.4. The van der Waals surface area contributed by atoms with Gasteiger partial charge >= 0.3 is 6.09 Å². The van der Waals surface area contributed by atoms with Gasteiger partial charge in [-0.1, -0.05) is 77.8 Å². The lowest BCUT2D eigenvalue weighted by Crippen LogP contribution is -2.35. The first-order valence-electron chi connectivity index (χ1n) is 13.9. The summed E-state index contributed by atoms with van der Waals surface area (Å²) in [5, 5.41) is 2.50. The van der Waals surface area contributed by atoms with Crippen molar-refractivity contribution in [2.24, 2.45) is 0 Å². The van der Waals surface area contributed by atoms with E-state index in [1.165, 1.54) is 56.4 Å². The van der Waals surface area contributed by atoms with Gasteiger partial charge in [-0.3, -0.25) is 4.79 Å². The van der Waals surface area contributed by atoms with Crippen LogP contribution >= 0.6 is 14.8 Å². The Balaban J connectivity index is 2.57. The molecule has 1 N–H and O–H groups in total. The van der Waals surface area contributed by atoms with Crippen molar-refractivity contribution in [1.29, 1.82) is 0 Å². The lowest BCUT2D eigenvalue weighted by molar-refractivity contribution is -0.0571. The maximum Gasteiger partial charge on any atom is 0.407 e. The van der Waals surface area contributed by atoms with Gasteiger partial charge in [-0.25, -0.2) is 13.2 Å². The van der Waals surface area contributed by atoms with E-state index >= 15 is 0 Å². The number of unbranched alkanes of at least 4 members (excludes halogenated alkanes) is 6. The third-order valence-electron chi connectivity index (χ3n) is 6.05. The Hall–Kier alpha value is -1.49. The van der Waals surface area contributed by atoms with Gasteiger partial charge in [0, 0.05) is 12.2 Å². The standard InChI is InChI=1S/C28H46BrNO7S/c1-4-7-9-10-11-12-14-24(21-35-19-6-3)36-22-25(13-8-5-2)37-28(32)30-20-27(31)23-15-17-26(18-16-23)38(29,33)34/h15-18,24-25H,4-14,19-22H2,1-3H3,(H,30,32). The minimum Gasteiger partial charge on any atom is -0.444 e. The molecule has 1 aromatic rings. The summed E-state index contributed by atoms with van der Waals surface area (Å²) in [5.41, 5.74) is 0.292. The molecule has 8 nitrogen and oxygen atoms in total. The Bertz CT molecular complexity index is 893. The van der Waals surface area contributed by atoms with Crippen LogP contribution in [0.5, 0.6) is 0 Å². The molecule has 0 saturated carbocycles. The normalized spacial score (nSPS) is 13.2. The molecule has 38 heavy (non-hydrogen) atoms. The number of ketones is 1. The monoisotopic (exact) mass is 619 g/mol. The number of nitrogens with one attached hydrogen (secondary N) is 1. The molecule has 0 aliphatic rings. The molecular formula is C28H46BrNO7S. The van der Waals surface area contributed by atoms with Crippen molar-refractivity contribution in [3.05, 3.63) is 29.8 Å². The number of rotatable bonds is 22. The third kappa shape index (κ3) is 15.8. The van der Waals surface area contributed by atoms with Crippen molar-refractivity contribution in [2.45, 2.75) is 109 Å². The first kappa shape index (κ1) is 34.5. The lowest BCUT2D eigenvalue weighted by Gasteiger charge is -2.23. The molecule has 0 aliphatic heterocycles. The highest BCUT2D eigenvalue weighted by molar-refractivity contribution is 9.47. The molecule has 0 saturated heterocycles. The average Bonchev–Trinajstić information content (AvgIpc) is 2.89. The van der Waals surface area contributed by atoms with Crippen molar-refractivity contribution < 1.29 is 32.2 Å². The summed E-state index contributed by atoms with van der Waals surface area (Å²) in [6, 6.07) is 5.48. The predicted molar refractivity (Wildman–Crippen MR) is 154 cm³/mol. The van der Waals surface area contributed by atoms with Gasteiger partial charge in [0.05, 0.1) is 45.6 Å². The van der Waals surface area contributed by atoms with E-state index in [-0.39, 0.29) is 29.9 Å². The largest absolute Gasteiger partial charge is 0.444 e. The zero-order valence-corrected chi connectivity index (χ0v) is 25.6. The summed E-state index contributed by atoms with van der Waals surface area (Å²) in [6.45, 7) is 7.60. The number of Topliss-reactive ketones (excluding diaryl/α,β-unsaturated/α-hetero) is 1. The fourth-order valence-electron chi connectivity index (χ4n) is 3.83. The van der Waals surface area contributed by atoms with Crippen molar-refractivity contribution in [3.63, 3.8) is 0 Å². The van der Waals surface area contributed by atoms with Crippen LogP contribution in [0.2, 0.25) is 0 Å². The molecule has 1 aromatic carbocycles. The van der Waals surface area contributed by atoms with Crippen LogP contribution in [-0.2, 0) is 22.5 Å². The summed E-state index contributed by atoms with van der Waals surface area (Å²) in [5.74, 6) is -0.353. The number of halogens is 1. The molecule has 0 heterocycles. The molecule has 2 atom stereocenters. The first-order valence-corrected chi connectivity index (χ1v) is 17.3. The van der Waals surface area contributed by atoms with E-state index < -0.39 is 20.5 Å². The Labute approximate surface area is 236 Å². The second-order valence-electron chi connectivity index (χ2n) is 9.50. The van der Waals surface area contributed by atoms with E-state index in [9.17, 15) is 18.0 Å². The quantitative estimate of drug-likeness (QED) is 0.0863. The van der Waals surface area contributed by atoms with Crippen LogP contribution in [0.3, 0.4) is 0 Å². The van der Waals surface area contributed by atoms with Crippen LogP contribution in [-0.4, -0.2) is 58.9 Å². The second-order valence-corrected chi connectivity index (χ2v) is 13.4. The van der Waals surface area contributed by atoms with Crippen LogP contribution in [0, 0.1) is 0 Å². The minimum absolute atomic E-state index is 0.0450. The van der Waals surface area contributed by atoms with Gasteiger partial charge in [-0.15, -0.1) is 0 Å². The van der Waals surface area contributed by atoms with Gasteiger partial charge in [0.2, 0.25) is 8.27 Å². The maximum atomic E-state index is 12.4. The number of amides is 1. The summed E-state index contributed by atoms with van der Waals surface area (Å²) in [7, 11) is -3.53. The maximum absolute atomic E-state index is 12.4. The number of ether oxygens (including phenoxy) is 3. The van der Waals surface area contributed by atoms with Crippen LogP contribution in [0.25, 0.3) is 0 Å². The van der Waals surface area contributed by atoms with Gasteiger partial charge in [-0.2, -0.15) is 0 Å². The van der Waals surface area contributed by atoms with Gasteiger partial charge in [0.15, 0.2) is 5.78 Å². The van der Waals surface area contributed by atoms with E-state index in [2.05, 4.69) is 40.9 Å². The lowest BCUT2D eigenvalue weighted by atomic mass is 10.1. The summed E-state index contributed by atoms with van der Waals surface area (Å²) < 4.78 is 40.5. The van der Waals surface area contributed by atoms with Crippen LogP contribution in [0.1, 0.15) is 102 Å². The summed E-state index contributed by atoms with van der Waals surface area (Å²) in [6.07, 6.45) is 10.5. The summed E-state index contributed by atoms with van der Waals surface area (Å²) in [4.78, 5) is 24.9. The predicted octanol–water partition coefficient (Wildman–Crippen LogP) is 6.80. The SMILES string of the molecule is CCCCCCCCC(COCCC)OCC(CCCC)OC(=O)NCC(=O)c1ccc(S(=O)(=O)Br)cc1. The van der Waals surface area contributed by atoms with Gasteiger partial charge < -0.3 is 19.5 Å². The fraction of sp³-hybridized carbons (Fsp3) is 0.714. The van der Waals surface area contributed by atoms with Gasteiger partial charge in [0.25, 0.3) is 0 Å². The van der Waals surface area contributed by atoms with E-state index in [1.807, 2.05) is 0 Å². The number of alkyl carbamates (subject to hydrolysis) is 1. The van der Waals surface area contributed by atoms with Crippen molar-refractivity contribution in [3.8, 4) is 0 Å². The average molecular weight is 621 g/mol. The molecule has 0 fully saturated rings. The molecular weight excluding hydrogens is 574 g/mol. The van der Waals surface area contributed by atoms with Crippen molar-refractivity contribution in [1.82, 2.24) is 5.32 Å². The number of hydrogen-bond acceptors (Lipinski definition) is 7. The minimum atomic E-state index is -3.53. The molecule has 218 valence electrons. The molecule has 0 aromatic heterocycles. The van der Waals surface area contributed by atoms with E-state index in [4.69, 9.17) is 14.2 Å². The fourth-order valence-corrected chi connectivity index (χ4v) is 4.94. The molecule has 10 heteroatoms.